The third kappa shape index (κ3) is 5.33. The van der Waals surface area contributed by atoms with E-state index in [9.17, 15) is 13.2 Å². The van der Waals surface area contributed by atoms with Crippen LogP contribution in [0.4, 0.5) is 10.8 Å². The molecule has 184 valence electrons. The number of benzene rings is 3. The third-order valence-electron chi connectivity index (χ3n) is 6.03. The van der Waals surface area contributed by atoms with Crippen LogP contribution in [0.2, 0.25) is 0 Å². The molecule has 0 amide bonds. The van der Waals surface area contributed by atoms with Gasteiger partial charge in [-0.3, -0.25) is 4.79 Å². The van der Waals surface area contributed by atoms with Gasteiger partial charge in [-0.15, -0.1) is 11.3 Å². The third-order valence-corrected chi connectivity index (χ3v) is 8.76. The summed E-state index contributed by atoms with van der Waals surface area (Å²) in [5.74, 6) is -0.476. The van der Waals surface area contributed by atoms with Gasteiger partial charge in [-0.2, -0.15) is 4.31 Å². The molecule has 0 saturated carbocycles. The van der Waals surface area contributed by atoms with Crippen LogP contribution in [-0.4, -0.2) is 30.2 Å². The van der Waals surface area contributed by atoms with Crippen molar-refractivity contribution in [3.8, 4) is 0 Å². The van der Waals surface area contributed by atoms with Crippen LogP contribution in [0.25, 0.3) is 0 Å². The van der Waals surface area contributed by atoms with Gasteiger partial charge >= 0.3 is 5.97 Å². The lowest BCUT2D eigenvalue weighted by Gasteiger charge is -2.36. The first kappa shape index (κ1) is 24.2. The molecule has 1 N–H and O–H groups in total. The van der Waals surface area contributed by atoms with Gasteiger partial charge < -0.3 is 10.1 Å². The summed E-state index contributed by atoms with van der Waals surface area (Å²) >= 11 is 1.42. The first-order chi connectivity index (χ1) is 17.5. The minimum Gasteiger partial charge on any atom is -0.459 e. The van der Waals surface area contributed by atoms with Crippen molar-refractivity contribution in [1.82, 2.24) is 9.29 Å². The summed E-state index contributed by atoms with van der Waals surface area (Å²) in [5.41, 5.74) is 3.44. The van der Waals surface area contributed by atoms with Gasteiger partial charge in [0.2, 0.25) is 10.0 Å². The zero-order valence-corrected chi connectivity index (χ0v) is 21.0. The van der Waals surface area contributed by atoms with Gasteiger partial charge in [-0.25, -0.2) is 13.4 Å². The fourth-order valence-electron chi connectivity index (χ4n) is 4.30. The van der Waals surface area contributed by atoms with Gasteiger partial charge in [-0.05, 0) is 41.8 Å². The van der Waals surface area contributed by atoms with Crippen molar-refractivity contribution >= 4 is 38.1 Å². The van der Waals surface area contributed by atoms with E-state index < -0.39 is 22.0 Å². The Morgan fingerprint density at radius 3 is 2.47 bits per heavy atom. The zero-order chi connectivity index (χ0) is 25.0. The molecule has 1 atom stereocenters. The second kappa shape index (κ2) is 10.6. The zero-order valence-electron chi connectivity index (χ0n) is 19.4. The highest BCUT2D eigenvalue weighted by molar-refractivity contribution is 7.89. The number of carbonyl (C=O) groups excluding carboxylic acids is 1. The molecule has 0 radical (unpaired) electrons. The van der Waals surface area contributed by atoms with E-state index in [4.69, 9.17) is 4.74 Å². The largest absolute Gasteiger partial charge is 0.459 e. The average molecular weight is 520 g/mol. The molecule has 36 heavy (non-hydrogen) atoms. The summed E-state index contributed by atoms with van der Waals surface area (Å²) in [6, 6.07) is 25.0. The Labute approximate surface area is 214 Å². The number of rotatable bonds is 8. The monoisotopic (exact) mass is 519 g/mol. The number of carbonyl (C=O) groups is 1. The number of nitrogens with one attached hydrogen (secondary N) is 1. The molecule has 1 aromatic heterocycles. The van der Waals surface area contributed by atoms with Gasteiger partial charge in [0.1, 0.15) is 6.61 Å². The number of hydrogen-bond acceptors (Lipinski definition) is 7. The summed E-state index contributed by atoms with van der Waals surface area (Å²) < 4.78 is 33.9. The number of hydrogen-bond donors (Lipinski definition) is 1. The first-order valence-electron chi connectivity index (χ1n) is 11.6. The van der Waals surface area contributed by atoms with Crippen molar-refractivity contribution in [3.05, 3.63) is 107 Å². The lowest BCUT2D eigenvalue weighted by Crippen LogP contribution is -2.41. The normalized spacial score (nSPS) is 15.7. The van der Waals surface area contributed by atoms with Crippen molar-refractivity contribution in [2.75, 3.05) is 11.9 Å². The van der Waals surface area contributed by atoms with E-state index in [-0.39, 0.29) is 17.9 Å². The van der Waals surface area contributed by atoms with E-state index >= 15 is 0 Å². The number of nitrogens with zero attached hydrogens (tertiary/aromatic N) is 2. The number of thiazole rings is 1. The standard InChI is InChI=1S/C27H25N3O4S2/c31-26(34-18-22-19-35-27(29-22)28-21-10-3-1-4-11-21)17-25-24-14-8-7-9-20(24)15-16-30(25)36(32,33)23-12-5-2-6-13-23/h1-14,19,25H,15-18H2,(H,28,29). The van der Waals surface area contributed by atoms with Gasteiger partial charge in [0, 0.05) is 17.6 Å². The number of aromatic nitrogens is 1. The first-order valence-corrected chi connectivity index (χ1v) is 13.9. The highest BCUT2D eigenvalue weighted by atomic mass is 32.2. The minimum absolute atomic E-state index is 0.0194. The molecule has 9 heteroatoms. The topological polar surface area (TPSA) is 88.6 Å². The van der Waals surface area contributed by atoms with Gasteiger partial charge in [0.05, 0.1) is 23.1 Å². The predicted octanol–water partition coefficient (Wildman–Crippen LogP) is 5.31. The molecule has 4 aromatic rings. The summed E-state index contributed by atoms with van der Waals surface area (Å²) in [4.78, 5) is 17.6. The van der Waals surface area contributed by atoms with Crippen molar-refractivity contribution in [1.29, 1.82) is 0 Å². The van der Waals surface area contributed by atoms with Crippen LogP contribution in [0, 0.1) is 0 Å². The molecule has 0 aliphatic carbocycles. The number of fused-ring (bicyclic) bond motifs is 1. The molecular weight excluding hydrogens is 494 g/mol. The van der Waals surface area contributed by atoms with Gasteiger partial charge in [0.15, 0.2) is 5.13 Å². The number of anilines is 2. The Kier molecular flexibility index (Phi) is 7.13. The summed E-state index contributed by atoms with van der Waals surface area (Å²) in [6.07, 6.45) is 0.506. The maximum atomic E-state index is 13.5. The van der Waals surface area contributed by atoms with Crippen LogP contribution in [0.1, 0.15) is 29.3 Å². The van der Waals surface area contributed by atoms with E-state index in [1.807, 2.05) is 60.0 Å². The quantitative estimate of drug-likeness (QED) is 0.318. The molecule has 0 fully saturated rings. The fourth-order valence-corrected chi connectivity index (χ4v) is 6.64. The molecule has 7 nitrogen and oxygen atoms in total. The Balaban J connectivity index is 1.30. The Bertz CT molecular complexity index is 1440. The smallest absolute Gasteiger partial charge is 0.308 e. The lowest BCUT2D eigenvalue weighted by molar-refractivity contribution is -0.146. The average Bonchev–Trinajstić information content (AvgIpc) is 3.36. The molecule has 1 aliphatic heterocycles. The highest BCUT2D eigenvalue weighted by Gasteiger charge is 2.37. The molecule has 2 heterocycles. The minimum atomic E-state index is -3.79. The van der Waals surface area contributed by atoms with Crippen LogP contribution in [0.15, 0.2) is 95.2 Å². The van der Waals surface area contributed by atoms with Gasteiger partial charge in [0.25, 0.3) is 0 Å². The highest BCUT2D eigenvalue weighted by Crippen LogP contribution is 2.36. The van der Waals surface area contributed by atoms with Crippen LogP contribution in [-0.2, 0) is 32.6 Å². The van der Waals surface area contributed by atoms with Gasteiger partial charge in [-0.1, -0.05) is 60.7 Å². The van der Waals surface area contributed by atoms with Crippen molar-refractivity contribution in [2.45, 2.75) is 30.4 Å². The Morgan fingerprint density at radius 1 is 1.00 bits per heavy atom. The predicted molar refractivity (Wildman–Crippen MR) is 139 cm³/mol. The van der Waals surface area contributed by atoms with Crippen molar-refractivity contribution < 1.29 is 17.9 Å². The fraction of sp³-hybridized carbons (Fsp3) is 0.185. The number of sulfonamides is 1. The molecule has 0 bridgehead atoms. The van der Waals surface area contributed by atoms with E-state index in [1.54, 1.807) is 30.3 Å². The van der Waals surface area contributed by atoms with Crippen LogP contribution in [0.3, 0.4) is 0 Å². The molecular formula is C27H25N3O4S2. The van der Waals surface area contributed by atoms with Crippen LogP contribution in [0.5, 0.6) is 0 Å². The van der Waals surface area contributed by atoms with Crippen molar-refractivity contribution in [3.63, 3.8) is 0 Å². The molecule has 5 rings (SSSR count). The SMILES string of the molecule is O=C(CC1c2ccccc2CCN1S(=O)(=O)c1ccccc1)OCc1csc(Nc2ccccc2)n1. The van der Waals surface area contributed by atoms with Crippen LogP contribution < -0.4 is 5.32 Å². The van der Waals surface area contributed by atoms with Crippen molar-refractivity contribution in [2.24, 2.45) is 0 Å². The maximum Gasteiger partial charge on any atom is 0.308 e. The summed E-state index contributed by atoms with van der Waals surface area (Å²) in [6.45, 7) is 0.318. The number of esters is 1. The number of para-hydroxylation sites is 1. The van der Waals surface area contributed by atoms with E-state index in [0.717, 1.165) is 16.8 Å². The van der Waals surface area contributed by atoms with E-state index in [1.165, 1.54) is 15.6 Å². The number of ether oxygens (including phenoxy) is 1. The second-order valence-corrected chi connectivity index (χ2v) is 11.1. The molecule has 1 unspecified atom stereocenters. The summed E-state index contributed by atoms with van der Waals surface area (Å²) in [5, 5.41) is 5.76. The molecule has 3 aromatic carbocycles. The second-order valence-electron chi connectivity index (χ2n) is 8.39. The molecule has 0 saturated heterocycles. The summed E-state index contributed by atoms with van der Waals surface area (Å²) in [7, 11) is -3.79. The van der Waals surface area contributed by atoms with E-state index in [2.05, 4.69) is 10.3 Å². The Hall–Kier alpha value is -3.53. The maximum absolute atomic E-state index is 13.5. The van der Waals surface area contributed by atoms with E-state index in [0.29, 0.717) is 23.8 Å². The lowest BCUT2D eigenvalue weighted by atomic mass is 9.92. The molecule has 0 spiro atoms. The van der Waals surface area contributed by atoms with Crippen LogP contribution >= 0.6 is 11.3 Å². The molecule has 1 aliphatic rings. The Morgan fingerprint density at radius 2 is 1.69 bits per heavy atom.